The number of nitrogens with zero attached hydrogens (tertiary/aromatic N) is 1. The molecular formula is C13H20N2O4. The quantitative estimate of drug-likeness (QED) is 0.774. The van der Waals surface area contributed by atoms with Crippen molar-refractivity contribution in [1.82, 2.24) is 10.2 Å². The van der Waals surface area contributed by atoms with E-state index in [0.29, 0.717) is 25.9 Å². The van der Waals surface area contributed by atoms with Gasteiger partial charge in [0, 0.05) is 19.5 Å². The van der Waals surface area contributed by atoms with Crippen LogP contribution in [0.2, 0.25) is 0 Å². The summed E-state index contributed by atoms with van der Waals surface area (Å²) in [6.07, 6.45) is 1.95. The Morgan fingerprint density at radius 1 is 1.37 bits per heavy atom. The van der Waals surface area contributed by atoms with Crippen molar-refractivity contribution >= 4 is 17.8 Å². The zero-order valence-corrected chi connectivity index (χ0v) is 11.4. The number of piperazine rings is 1. The van der Waals surface area contributed by atoms with Gasteiger partial charge in [-0.3, -0.25) is 14.4 Å². The van der Waals surface area contributed by atoms with Gasteiger partial charge in [-0.15, -0.1) is 0 Å². The highest BCUT2D eigenvalue weighted by Crippen LogP contribution is 2.45. The maximum absolute atomic E-state index is 12.4. The first-order valence-electron chi connectivity index (χ1n) is 6.62. The van der Waals surface area contributed by atoms with Crippen molar-refractivity contribution in [3.63, 3.8) is 0 Å². The van der Waals surface area contributed by atoms with Gasteiger partial charge in [-0.05, 0) is 26.7 Å². The predicted molar refractivity (Wildman–Crippen MR) is 67.3 cm³/mol. The van der Waals surface area contributed by atoms with Crippen LogP contribution in [-0.4, -0.2) is 46.4 Å². The van der Waals surface area contributed by atoms with Crippen LogP contribution in [-0.2, 0) is 14.4 Å². The zero-order chi connectivity index (χ0) is 14.3. The van der Waals surface area contributed by atoms with Crippen molar-refractivity contribution < 1.29 is 19.5 Å². The molecule has 0 radical (unpaired) electrons. The lowest BCUT2D eigenvalue weighted by molar-refractivity contribution is -0.162. The van der Waals surface area contributed by atoms with E-state index in [-0.39, 0.29) is 18.2 Å². The summed E-state index contributed by atoms with van der Waals surface area (Å²) in [7, 11) is 0. The lowest BCUT2D eigenvalue weighted by Crippen LogP contribution is -2.64. The molecule has 1 saturated heterocycles. The van der Waals surface area contributed by atoms with Crippen LogP contribution in [0.5, 0.6) is 0 Å². The largest absolute Gasteiger partial charge is 0.481 e. The minimum atomic E-state index is -0.904. The van der Waals surface area contributed by atoms with Gasteiger partial charge in [-0.25, -0.2) is 0 Å². The van der Waals surface area contributed by atoms with Gasteiger partial charge < -0.3 is 15.3 Å². The van der Waals surface area contributed by atoms with Crippen LogP contribution in [0.25, 0.3) is 0 Å². The molecule has 2 fully saturated rings. The van der Waals surface area contributed by atoms with Gasteiger partial charge in [-0.2, -0.15) is 0 Å². The molecule has 2 N–H and O–H groups in total. The van der Waals surface area contributed by atoms with Gasteiger partial charge in [0.1, 0.15) is 5.54 Å². The Balaban J connectivity index is 2.11. The molecule has 1 aliphatic heterocycles. The molecule has 6 nitrogen and oxygen atoms in total. The maximum Gasteiger partial charge on any atom is 0.310 e. The third kappa shape index (κ3) is 2.19. The molecular weight excluding hydrogens is 248 g/mol. The number of carbonyl (C=O) groups excluding carboxylic acids is 2. The Labute approximate surface area is 112 Å². The summed E-state index contributed by atoms with van der Waals surface area (Å²) in [5.41, 5.74) is -1.81. The number of aliphatic carboxylic acids is 1. The molecule has 19 heavy (non-hydrogen) atoms. The fourth-order valence-corrected chi connectivity index (χ4v) is 2.79. The maximum atomic E-state index is 12.4. The number of rotatable bonds is 3. The molecule has 1 heterocycles. The normalized spacial score (nSPS) is 24.3. The topological polar surface area (TPSA) is 86.7 Å². The first-order chi connectivity index (χ1) is 8.79. The van der Waals surface area contributed by atoms with E-state index in [1.165, 1.54) is 4.90 Å². The minimum Gasteiger partial charge on any atom is -0.481 e. The van der Waals surface area contributed by atoms with Crippen molar-refractivity contribution in [2.24, 2.45) is 5.41 Å². The Morgan fingerprint density at radius 3 is 2.47 bits per heavy atom. The van der Waals surface area contributed by atoms with Crippen LogP contribution in [0.15, 0.2) is 0 Å². The number of carbonyl (C=O) groups is 3. The Kier molecular flexibility index (Phi) is 3.28. The third-order valence-electron chi connectivity index (χ3n) is 4.41. The van der Waals surface area contributed by atoms with E-state index < -0.39 is 16.9 Å². The Hall–Kier alpha value is -1.59. The molecule has 2 rings (SSSR count). The molecule has 0 aromatic rings. The van der Waals surface area contributed by atoms with E-state index in [0.717, 1.165) is 6.42 Å². The molecule has 0 aromatic heterocycles. The summed E-state index contributed by atoms with van der Waals surface area (Å²) in [5, 5.41) is 12.0. The van der Waals surface area contributed by atoms with Crippen molar-refractivity contribution in [3.05, 3.63) is 0 Å². The zero-order valence-electron chi connectivity index (χ0n) is 11.4. The van der Waals surface area contributed by atoms with Crippen LogP contribution in [0.3, 0.4) is 0 Å². The van der Waals surface area contributed by atoms with Gasteiger partial charge in [0.15, 0.2) is 0 Å². The molecule has 0 atom stereocenters. The van der Waals surface area contributed by atoms with Crippen LogP contribution in [0.1, 0.15) is 39.5 Å². The van der Waals surface area contributed by atoms with Gasteiger partial charge >= 0.3 is 5.97 Å². The van der Waals surface area contributed by atoms with Gasteiger partial charge in [0.05, 0.1) is 5.41 Å². The number of amides is 2. The van der Waals surface area contributed by atoms with E-state index in [4.69, 9.17) is 0 Å². The molecule has 1 aliphatic carbocycles. The van der Waals surface area contributed by atoms with Crippen LogP contribution >= 0.6 is 0 Å². The second kappa shape index (κ2) is 4.51. The summed E-state index contributed by atoms with van der Waals surface area (Å²) in [5.74, 6) is -1.32. The lowest BCUT2D eigenvalue weighted by atomic mass is 9.66. The van der Waals surface area contributed by atoms with Crippen LogP contribution < -0.4 is 5.32 Å². The van der Waals surface area contributed by atoms with Crippen molar-refractivity contribution in [1.29, 1.82) is 0 Å². The smallest absolute Gasteiger partial charge is 0.310 e. The number of hydrogen-bond donors (Lipinski definition) is 2. The number of hydrogen-bond acceptors (Lipinski definition) is 3. The lowest BCUT2D eigenvalue weighted by Gasteiger charge is -2.44. The van der Waals surface area contributed by atoms with Gasteiger partial charge in [0.2, 0.25) is 11.8 Å². The molecule has 106 valence electrons. The molecule has 1 saturated carbocycles. The van der Waals surface area contributed by atoms with Gasteiger partial charge in [0.25, 0.3) is 0 Å². The third-order valence-corrected chi connectivity index (χ3v) is 4.41. The fraction of sp³-hybridized carbons (Fsp3) is 0.769. The monoisotopic (exact) mass is 268 g/mol. The SMILES string of the molecule is CC1(C)C(=O)NCCN1C(=O)CC1(C(=O)O)CCC1. The van der Waals surface area contributed by atoms with E-state index in [2.05, 4.69) is 5.32 Å². The molecule has 0 spiro atoms. The fourth-order valence-electron chi connectivity index (χ4n) is 2.79. The highest BCUT2D eigenvalue weighted by atomic mass is 16.4. The number of carboxylic acid groups (broad SMARTS) is 1. The second-order valence-corrected chi connectivity index (χ2v) is 5.98. The highest BCUT2D eigenvalue weighted by molar-refractivity contribution is 5.93. The first kappa shape index (κ1) is 13.8. The second-order valence-electron chi connectivity index (χ2n) is 5.98. The first-order valence-corrected chi connectivity index (χ1v) is 6.62. The minimum absolute atomic E-state index is 0.000949. The van der Waals surface area contributed by atoms with Crippen LogP contribution in [0, 0.1) is 5.41 Å². The average Bonchev–Trinajstić information content (AvgIpc) is 2.26. The molecule has 0 unspecified atom stereocenters. The summed E-state index contributed by atoms with van der Waals surface area (Å²) >= 11 is 0. The standard InChI is InChI=1S/C13H20N2O4/c1-12(2)10(17)14-6-7-15(12)9(16)8-13(11(18)19)4-3-5-13/h3-8H2,1-2H3,(H,14,17)(H,18,19). The van der Waals surface area contributed by atoms with E-state index >= 15 is 0 Å². The Bertz CT molecular complexity index is 426. The number of carboxylic acids is 1. The molecule has 2 amide bonds. The molecule has 2 aliphatic rings. The molecule has 0 aromatic carbocycles. The van der Waals surface area contributed by atoms with E-state index in [1.807, 2.05) is 0 Å². The van der Waals surface area contributed by atoms with Crippen molar-refractivity contribution in [2.75, 3.05) is 13.1 Å². The van der Waals surface area contributed by atoms with Crippen LogP contribution in [0.4, 0.5) is 0 Å². The summed E-state index contributed by atoms with van der Waals surface area (Å²) in [6.45, 7) is 4.24. The summed E-state index contributed by atoms with van der Waals surface area (Å²) in [4.78, 5) is 37.0. The highest BCUT2D eigenvalue weighted by Gasteiger charge is 2.49. The molecule has 6 heteroatoms. The average molecular weight is 268 g/mol. The van der Waals surface area contributed by atoms with Crippen molar-refractivity contribution in [3.8, 4) is 0 Å². The van der Waals surface area contributed by atoms with Crippen molar-refractivity contribution in [2.45, 2.75) is 45.1 Å². The molecule has 0 bridgehead atoms. The summed E-state index contributed by atoms with van der Waals surface area (Å²) < 4.78 is 0. The van der Waals surface area contributed by atoms with E-state index in [9.17, 15) is 19.5 Å². The number of nitrogens with one attached hydrogen (secondary N) is 1. The summed E-state index contributed by atoms with van der Waals surface area (Å²) in [6, 6.07) is 0. The predicted octanol–water partition coefficient (Wildman–Crippen LogP) is 0.368. The van der Waals surface area contributed by atoms with E-state index in [1.54, 1.807) is 13.8 Å². The Morgan fingerprint density at radius 2 is 2.00 bits per heavy atom. The van der Waals surface area contributed by atoms with Gasteiger partial charge in [-0.1, -0.05) is 6.42 Å².